The van der Waals surface area contributed by atoms with Crippen LogP contribution < -0.4 is 10.2 Å². The van der Waals surface area contributed by atoms with E-state index in [0.717, 1.165) is 24.7 Å². The second-order valence-electron chi connectivity index (χ2n) is 6.26. The number of likely N-dealkylation sites (N-methyl/N-ethyl adjacent to an activating group) is 1. The largest absolute Gasteiger partial charge is 0.376 e. The molecule has 1 fully saturated rings. The molecule has 1 aliphatic heterocycles. The van der Waals surface area contributed by atoms with Crippen molar-refractivity contribution < 1.29 is 4.74 Å². The minimum atomic E-state index is 0.143. The Morgan fingerprint density at radius 3 is 2.84 bits per heavy atom. The fraction of sp³-hybridized carbons (Fsp3) is 0.786. The third-order valence-electron chi connectivity index (χ3n) is 3.47. The first kappa shape index (κ1) is 14.8. The molecule has 19 heavy (non-hydrogen) atoms. The first-order valence-corrected chi connectivity index (χ1v) is 7.72. The van der Waals surface area contributed by atoms with Gasteiger partial charge in [0, 0.05) is 36.8 Å². The molecule has 1 aliphatic rings. The van der Waals surface area contributed by atoms with Gasteiger partial charge < -0.3 is 15.0 Å². The van der Waals surface area contributed by atoms with Crippen LogP contribution >= 0.6 is 11.3 Å². The van der Waals surface area contributed by atoms with Gasteiger partial charge in [0.05, 0.1) is 12.1 Å². The molecule has 0 bridgehead atoms. The molecule has 2 unspecified atom stereocenters. The van der Waals surface area contributed by atoms with Crippen LogP contribution in [0.1, 0.15) is 39.0 Å². The third-order valence-corrected chi connectivity index (χ3v) is 4.56. The summed E-state index contributed by atoms with van der Waals surface area (Å²) in [6.45, 7) is 10.4. The summed E-state index contributed by atoms with van der Waals surface area (Å²) in [5.41, 5.74) is 0.143. The van der Waals surface area contributed by atoms with Gasteiger partial charge in [0.25, 0.3) is 0 Å². The van der Waals surface area contributed by atoms with E-state index >= 15 is 0 Å². The van der Waals surface area contributed by atoms with Gasteiger partial charge in [-0.1, -0.05) is 0 Å². The highest BCUT2D eigenvalue weighted by molar-refractivity contribution is 7.15. The van der Waals surface area contributed by atoms with Crippen molar-refractivity contribution in [1.82, 2.24) is 10.3 Å². The van der Waals surface area contributed by atoms with Crippen LogP contribution in [0.4, 0.5) is 5.13 Å². The Morgan fingerprint density at radius 1 is 1.53 bits per heavy atom. The number of aromatic nitrogens is 1. The molecule has 0 amide bonds. The molecule has 0 aromatic carbocycles. The Bertz CT molecular complexity index is 413. The molecule has 108 valence electrons. The van der Waals surface area contributed by atoms with E-state index in [2.05, 4.69) is 49.9 Å². The molecule has 1 aromatic rings. The van der Waals surface area contributed by atoms with Gasteiger partial charge in [-0.05, 0) is 34.1 Å². The number of thiazole rings is 1. The lowest BCUT2D eigenvalue weighted by Crippen LogP contribution is -2.36. The van der Waals surface area contributed by atoms with E-state index in [1.807, 2.05) is 6.20 Å². The lowest BCUT2D eigenvalue weighted by atomic mass is 10.1. The Morgan fingerprint density at radius 2 is 2.26 bits per heavy atom. The standard InChI is InChI=1S/C14H25N3OS/c1-10-12(6-7-18-10)17(5)13-15-8-11(19-13)9-16-14(2,3)4/h8,10,12,16H,6-7,9H2,1-5H3. The van der Waals surface area contributed by atoms with Gasteiger partial charge in [-0.2, -0.15) is 0 Å². The fourth-order valence-corrected chi connectivity index (χ4v) is 3.13. The molecular formula is C14H25N3OS. The quantitative estimate of drug-likeness (QED) is 0.922. The summed E-state index contributed by atoms with van der Waals surface area (Å²) < 4.78 is 5.63. The van der Waals surface area contributed by atoms with E-state index in [0.29, 0.717) is 12.1 Å². The van der Waals surface area contributed by atoms with E-state index < -0.39 is 0 Å². The zero-order chi connectivity index (χ0) is 14.0. The molecule has 0 radical (unpaired) electrons. The maximum atomic E-state index is 5.63. The minimum Gasteiger partial charge on any atom is -0.376 e. The molecular weight excluding hydrogens is 258 g/mol. The fourth-order valence-electron chi connectivity index (χ4n) is 2.27. The Balaban J connectivity index is 1.96. The van der Waals surface area contributed by atoms with Crippen molar-refractivity contribution in [2.45, 2.75) is 58.3 Å². The highest BCUT2D eigenvalue weighted by Crippen LogP contribution is 2.28. The minimum absolute atomic E-state index is 0.143. The van der Waals surface area contributed by atoms with Gasteiger partial charge in [0.1, 0.15) is 0 Å². The number of nitrogens with zero attached hydrogens (tertiary/aromatic N) is 2. The van der Waals surface area contributed by atoms with Crippen LogP contribution in [0.15, 0.2) is 6.20 Å². The maximum absolute atomic E-state index is 5.63. The van der Waals surface area contributed by atoms with Crippen LogP contribution in [0, 0.1) is 0 Å². The Hall–Kier alpha value is -0.650. The summed E-state index contributed by atoms with van der Waals surface area (Å²) in [5.74, 6) is 0. The van der Waals surface area contributed by atoms with Crippen molar-refractivity contribution in [3.63, 3.8) is 0 Å². The number of rotatable bonds is 4. The van der Waals surface area contributed by atoms with Crippen molar-refractivity contribution in [2.24, 2.45) is 0 Å². The highest BCUT2D eigenvalue weighted by atomic mass is 32.1. The average molecular weight is 283 g/mol. The number of ether oxygens (including phenoxy) is 1. The van der Waals surface area contributed by atoms with Crippen LogP contribution in [-0.2, 0) is 11.3 Å². The molecule has 2 atom stereocenters. The molecule has 4 nitrogen and oxygen atoms in total. The van der Waals surface area contributed by atoms with Crippen LogP contribution in [0.2, 0.25) is 0 Å². The first-order valence-electron chi connectivity index (χ1n) is 6.91. The molecule has 1 aromatic heterocycles. The monoisotopic (exact) mass is 283 g/mol. The van der Waals surface area contributed by atoms with Crippen molar-refractivity contribution >= 4 is 16.5 Å². The predicted molar refractivity (Wildman–Crippen MR) is 80.9 cm³/mol. The van der Waals surface area contributed by atoms with Gasteiger partial charge in [-0.25, -0.2) is 4.98 Å². The van der Waals surface area contributed by atoms with Crippen molar-refractivity contribution in [2.75, 3.05) is 18.6 Å². The van der Waals surface area contributed by atoms with E-state index in [1.54, 1.807) is 11.3 Å². The van der Waals surface area contributed by atoms with Crippen molar-refractivity contribution in [3.8, 4) is 0 Å². The summed E-state index contributed by atoms with van der Waals surface area (Å²) in [4.78, 5) is 8.09. The Kier molecular flexibility index (Phi) is 4.48. The normalized spacial score (nSPS) is 23.8. The highest BCUT2D eigenvalue weighted by Gasteiger charge is 2.29. The number of anilines is 1. The summed E-state index contributed by atoms with van der Waals surface area (Å²) in [7, 11) is 2.12. The van der Waals surface area contributed by atoms with E-state index in [9.17, 15) is 0 Å². The van der Waals surface area contributed by atoms with Crippen LogP contribution in [0.25, 0.3) is 0 Å². The summed E-state index contributed by atoms with van der Waals surface area (Å²) in [6, 6.07) is 0.453. The van der Waals surface area contributed by atoms with Crippen LogP contribution in [0.3, 0.4) is 0 Å². The summed E-state index contributed by atoms with van der Waals surface area (Å²) in [5, 5.41) is 4.59. The predicted octanol–water partition coefficient (Wildman–Crippen LogP) is 2.64. The molecule has 0 saturated carbocycles. The molecule has 0 aliphatic carbocycles. The second-order valence-corrected chi connectivity index (χ2v) is 7.35. The van der Waals surface area contributed by atoms with Crippen molar-refractivity contribution in [1.29, 1.82) is 0 Å². The van der Waals surface area contributed by atoms with Gasteiger partial charge in [-0.15, -0.1) is 11.3 Å². The molecule has 5 heteroatoms. The molecule has 1 saturated heterocycles. The smallest absolute Gasteiger partial charge is 0.185 e. The number of hydrogen-bond acceptors (Lipinski definition) is 5. The number of nitrogens with one attached hydrogen (secondary N) is 1. The van der Waals surface area contributed by atoms with Crippen LogP contribution in [-0.4, -0.2) is 36.3 Å². The summed E-state index contributed by atoms with van der Waals surface area (Å²) >= 11 is 1.77. The van der Waals surface area contributed by atoms with Gasteiger partial charge >= 0.3 is 0 Å². The molecule has 2 heterocycles. The van der Waals surface area contributed by atoms with Gasteiger partial charge in [0.15, 0.2) is 5.13 Å². The molecule has 1 N–H and O–H groups in total. The maximum Gasteiger partial charge on any atom is 0.185 e. The Labute approximate surface area is 120 Å². The molecule has 2 rings (SSSR count). The number of hydrogen-bond donors (Lipinski definition) is 1. The third kappa shape index (κ3) is 3.91. The average Bonchev–Trinajstić information content (AvgIpc) is 2.93. The zero-order valence-corrected chi connectivity index (χ0v) is 13.4. The van der Waals surface area contributed by atoms with E-state index in [4.69, 9.17) is 4.74 Å². The van der Waals surface area contributed by atoms with E-state index in [1.165, 1.54) is 4.88 Å². The van der Waals surface area contributed by atoms with E-state index in [-0.39, 0.29) is 5.54 Å². The van der Waals surface area contributed by atoms with Gasteiger partial charge in [0.2, 0.25) is 0 Å². The first-order chi connectivity index (χ1) is 8.87. The second kappa shape index (κ2) is 5.77. The SMILES string of the molecule is CC1OCCC1N(C)c1ncc(CNC(C)(C)C)s1. The molecule has 0 spiro atoms. The zero-order valence-electron chi connectivity index (χ0n) is 12.6. The lowest BCUT2D eigenvalue weighted by Gasteiger charge is -2.26. The summed E-state index contributed by atoms with van der Waals surface area (Å²) in [6.07, 6.45) is 3.37. The van der Waals surface area contributed by atoms with Crippen molar-refractivity contribution in [3.05, 3.63) is 11.1 Å². The lowest BCUT2D eigenvalue weighted by molar-refractivity contribution is 0.118. The van der Waals surface area contributed by atoms with Crippen LogP contribution in [0.5, 0.6) is 0 Å². The van der Waals surface area contributed by atoms with Gasteiger partial charge in [-0.3, -0.25) is 0 Å². The topological polar surface area (TPSA) is 37.4 Å².